The van der Waals surface area contributed by atoms with Gasteiger partial charge in [-0.1, -0.05) is 31.5 Å². The molecule has 1 aromatic carbocycles. The quantitative estimate of drug-likeness (QED) is 0.800. The topological polar surface area (TPSA) is 18.5 Å². The summed E-state index contributed by atoms with van der Waals surface area (Å²) in [6.45, 7) is 6.70. The SMILES string of the molecule is CC(C)[C@@]12CC[C@@](C)(O1)[C@@H](OCc1c(F)cccc1Cl)C2. The highest BCUT2D eigenvalue weighted by molar-refractivity contribution is 6.31. The first-order valence-electron chi connectivity index (χ1n) is 7.61. The van der Waals surface area contributed by atoms with E-state index in [1.807, 2.05) is 0 Å². The zero-order valence-electron chi connectivity index (χ0n) is 12.8. The molecule has 0 saturated carbocycles. The van der Waals surface area contributed by atoms with E-state index in [0.29, 0.717) is 16.5 Å². The maximum atomic E-state index is 13.8. The molecule has 0 spiro atoms. The van der Waals surface area contributed by atoms with Gasteiger partial charge < -0.3 is 9.47 Å². The second kappa shape index (κ2) is 5.22. The predicted octanol–water partition coefficient (Wildman–Crippen LogP) is 4.73. The van der Waals surface area contributed by atoms with Gasteiger partial charge in [-0.25, -0.2) is 4.39 Å². The van der Waals surface area contributed by atoms with Gasteiger partial charge in [0.1, 0.15) is 5.82 Å². The van der Waals surface area contributed by atoms with Gasteiger partial charge in [-0.2, -0.15) is 0 Å². The summed E-state index contributed by atoms with van der Waals surface area (Å²) < 4.78 is 26.1. The van der Waals surface area contributed by atoms with Crippen LogP contribution in [-0.2, 0) is 16.1 Å². The van der Waals surface area contributed by atoms with E-state index in [2.05, 4.69) is 20.8 Å². The van der Waals surface area contributed by atoms with Gasteiger partial charge in [-0.05, 0) is 37.8 Å². The summed E-state index contributed by atoms with van der Waals surface area (Å²) in [5, 5.41) is 0.419. The van der Waals surface area contributed by atoms with Crippen molar-refractivity contribution in [2.75, 3.05) is 0 Å². The van der Waals surface area contributed by atoms with Crippen molar-refractivity contribution in [3.05, 3.63) is 34.6 Å². The van der Waals surface area contributed by atoms with Gasteiger partial charge in [0.15, 0.2) is 0 Å². The number of rotatable bonds is 4. The average molecular weight is 313 g/mol. The molecular weight excluding hydrogens is 291 g/mol. The summed E-state index contributed by atoms with van der Waals surface area (Å²) in [6.07, 6.45) is 2.97. The molecule has 2 bridgehead atoms. The van der Waals surface area contributed by atoms with Crippen molar-refractivity contribution < 1.29 is 13.9 Å². The zero-order chi connectivity index (χ0) is 15.3. The summed E-state index contributed by atoms with van der Waals surface area (Å²) in [5.41, 5.74) is 0.115. The molecule has 2 nitrogen and oxygen atoms in total. The predicted molar refractivity (Wildman–Crippen MR) is 80.9 cm³/mol. The molecule has 21 heavy (non-hydrogen) atoms. The minimum absolute atomic E-state index is 0.00400. The summed E-state index contributed by atoms with van der Waals surface area (Å²) in [5.74, 6) is 0.153. The van der Waals surface area contributed by atoms with Gasteiger partial charge in [0.2, 0.25) is 0 Å². The minimum atomic E-state index is -0.310. The minimum Gasteiger partial charge on any atom is -0.370 e. The molecule has 3 atom stereocenters. The number of halogens is 2. The van der Waals surface area contributed by atoms with E-state index in [1.54, 1.807) is 12.1 Å². The molecule has 0 unspecified atom stereocenters. The van der Waals surface area contributed by atoms with Crippen LogP contribution in [0, 0.1) is 11.7 Å². The second-order valence-corrected chi connectivity index (χ2v) is 7.25. The van der Waals surface area contributed by atoms with Crippen molar-refractivity contribution in [2.45, 2.75) is 63.9 Å². The number of ether oxygens (including phenoxy) is 2. The highest BCUT2D eigenvalue weighted by Gasteiger charge is 2.60. The average Bonchev–Trinajstić information content (AvgIpc) is 2.90. The van der Waals surface area contributed by atoms with Gasteiger partial charge in [-0.3, -0.25) is 0 Å². The maximum Gasteiger partial charge on any atom is 0.130 e. The molecule has 2 aliphatic rings. The first-order chi connectivity index (χ1) is 9.86. The lowest BCUT2D eigenvalue weighted by Crippen LogP contribution is -2.38. The van der Waals surface area contributed by atoms with Crippen LogP contribution in [-0.4, -0.2) is 17.3 Å². The Kier molecular flexibility index (Phi) is 3.79. The van der Waals surface area contributed by atoms with E-state index in [-0.39, 0.29) is 29.7 Å². The lowest BCUT2D eigenvalue weighted by Gasteiger charge is -2.31. The number of hydrogen-bond acceptors (Lipinski definition) is 2. The van der Waals surface area contributed by atoms with Crippen LogP contribution < -0.4 is 0 Å². The Balaban J connectivity index is 1.73. The first kappa shape index (κ1) is 15.3. The van der Waals surface area contributed by atoms with E-state index in [1.165, 1.54) is 6.07 Å². The molecule has 2 saturated heterocycles. The van der Waals surface area contributed by atoms with E-state index in [9.17, 15) is 4.39 Å². The second-order valence-electron chi connectivity index (χ2n) is 6.84. The summed E-state index contributed by atoms with van der Waals surface area (Å²) >= 11 is 6.06. The number of hydrogen-bond donors (Lipinski definition) is 0. The van der Waals surface area contributed by atoms with E-state index in [4.69, 9.17) is 21.1 Å². The summed E-state index contributed by atoms with van der Waals surface area (Å²) in [4.78, 5) is 0. The molecule has 2 aliphatic heterocycles. The van der Waals surface area contributed by atoms with Crippen molar-refractivity contribution >= 4 is 11.6 Å². The molecule has 116 valence electrons. The van der Waals surface area contributed by atoms with Gasteiger partial charge in [0.05, 0.1) is 23.9 Å². The molecule has 0 amide bonds. The van der Waals surface area contributed by atoms with Crippen LogP contribution in [0.15, 0.2) is 18.2 Å². The van der Waals surface area contributed by atoms with Crippen LogP contribution in [0.2, 0.25) is 5.02 Å². The lowest BCUT2D eigenvalue weighted by atomic mass is 9.75. The fraction of sp³-hybridized carbons (Fsp3) is 0.647. The Morgan fingerprint density at radius 3 is 2.81 bits per heavy atom. The normalized spacial score (nSPS) is 34.9. The molecule has 2 heterocycles. The molecule has 0 N–H and O–H groups in total. The molecule has 2 fully saturated rings. The Hall–Kier alpha value is -0.640. The molecular formula is C17H22ClFO2. The van der Waals surface area contributed by atoms with E-state index < -0.39 is 0 Å². The van der Waals surface area contributed by atoms with Gasteiger partial charge in [0.25, 0.3) is 0 Å². The molecule has 0 aliphatic carbocycles. The third kappa shape index (κ3) is 2.49. The van der Waals surface area contributed by atoms with Crippen LogP contribution in [0.1, 0.15) is 45.6 Å². The fourth-order valence-electron chi connectivity index (χ4n) is 3.66. The van der Waals surface area contributed by atoms with Crippen molar-refractivity contribution in [1.29, 1.82) is 0 Å². The lowest BCUT2D eigenvalue weighted by molar-refractivity contribution is -0.0962. The first-order valence-corrected chi connectivity index (χ1v) is 7.99. The highest BCUT2D eigenvalue weighted by Crippen LogP contribution is 2.55. The standard InChI is InChI=1S/C17H22ClFO2/c1-11(2)17-8-7-16(3,21-17)15(9-17)20-10-12-13(18)5-4-6-14(12)19/h4-6,11,15H,7-10H2,1-3H3/t15-,16+,17-/m0/s1. The summed E-state index contributed by atoms with van der Waals surface area (Å²) in [6, 6.07) is 4.72. The van der Waals surface area contributed by atoms with Crippen LogP contribution in [0.3, 0.4) is 0 Å². The van der Waals surface area contributed by atoms with Gasteiger partial charge in [-0.15, -0.1) is 0 Å². The van der Waals surface area contributed by atoms with Crippen LogP contribution in [0.25, 0.3) is 0 Å². The Bertz CT molecular complexity index is 527. The number of benzene rings is 1. The fourth-order valence-corrected chi connectivity index (χ4v) is 3.88. The monoisotopic (exact) mass is 312 g/mol. The van der Waals surface area contributed by atoms with Gasteiger partial charge in [0, 0.05) is 17.0 Å². The van der Waals surface area contributed by atoms with Crippen LogP contribution in [0.5, 0.6) is 0 Å². The number of fused-ring (bicyclic) bond motifs is 2. The molecule has 1 aromatic rings. The zero-order valence-corrected chi connectivity index (χ0v) is 13.5. The van der Waals surface area contributed by atoms with Crippen LogP contribution in [0.4, 0.5) is 4.39 Å². The third-order valence-corrected chi connectivity index (χ3v) is 5.59. The Morgan fingerprint density at radius 1 is 1.43 bits per heavy atom. The maximum absolute atomic E-state index is 13.8. The van der Waals surface area contributed by atoms with Gasteiger partial charge >= 0.3 is 0 Å². The highest BCUT2D eigenvalue weighted by atomic mass is 35.5. The Labute approximate surface area is 130 Å². The molecule has 0 aromatic heterocycles. The summed E-state index contributed by atoms with van der Waals surface area (Å²) in [7, 11) is 0. The van der Waals surface area contributed by atoms with Crippen LogP contribution >= 0.6 is 11.6 Å². The van der Waals surface area contributed by atoms with E-state index >= 15 is 0 Å². The molecule has 3 rings (SSSR count). The van der Waals surface area contributed by atoms with E-state index in [0.717, 1.165) is 19.3 Å². The van der Waals surface area contributed by atoms with Crippen molar-refractivity contribution in [3.63, 3.8) is 0 Å². The molecule has 4 heteroatoms. The smallest absolute Gasteiger partial charge is 0.130 e. The third-order valence-electron chi connectivity index (χ3n) is 5.24. The molecule has 0 radical (unpaired) electrons. The van der Waals surface area contributed by atoms with Crippen molar-refractivity contribution in [1.82, 2.24) is 0 Å². The van der Waals surface area contributed by atoms with Crippen molar-refractivity contribution in [2.24, 2.45) is 5.92 Å². The largest absolute Gasteiger partial charge is 0.370 e. The van der Waals surface area contributed by atoms with Crippen molar-refractivity contribution in [3.8, 4) is 0 Å². The Morgan fingerprint density at radius 2 is 2.19 bits per heavy atom.